The zero-order chi connectivity index (χ0) is 22.5. The van der Waals surface area contributed by atoms with E-state index in [4.69, 9.17) is 11.6 Å². The number of carbonyl (C=O) groups is 2. The van der Waals surface area contributed by atoms with Crippen molar-refractivity contribution >= 4 is 40.6 Å². The fourth-order valence-electron chi connectivity index (χ4n) is 3.37. The maximum Gasteiger partial charge on any atom is 0.257 e. The Labute approximate surface area is 187 Å². The Kier molecular flexibility index (Phi) is 6.92. The number of rotatable bonds is 6. The maximum absolute atomic E-state index is 12.5. The van der Waals surface area contributed by atoms with Gasteiger partial charge in [0.25, 0.3) is 5.91 Å². The number of aromatic nitrogens is 1. The van der Waals surface area contributed by atoms with Crippen LogP contribution in [0, 0.1) is 20.8 Å². The Morgan fingerprint density at radius 1 is 1.00 bits per heavy atom. The van der Waals surface area contributed by atoms with Crippen molar-refractivity contribution in [3.05, 3.63) is 82.0 Å². The first-order chi connectivity index (χ1) is 14.7. The Hall–Kier alpha value is -3.38. The second kappa shape index (κ2) is 9.62. The van der Waals surface area contributed by atoms with Crippen molar-refractivity contribution in [1.29, 1.82) is 0 Å². The van der Waals surface area contributed by atoms with Crippen LogP contribution in [0.25, 0.3) is 0 Å². The molecule has 1 aromatic heterocycles. The number of hydrogen-bond donors (Lipinski definition) is 2. The van der Waals surface area contributed by atoms with Crippen LogP contribution in [0.4, 0.5) is 17.2 Å². The monoisotopic (exact) mass is 436 g/mol. The average Bonchev–Trinajstić information content (AvgIpc) is 2.70. The summed E-state index contributed by atoms with van der Waals surface area (Å²) >= 11 is 5.94. The summed E-state index contributed by atoms with van der Waals surface area (Å²) in [7, 11) is 1.78. The van der Waals surface area contributed by atoms with Crippen molar-refractivity contribution in [2.24, 2.45) is 0 Å². The van der Waals surface area contributed by atoms with Crippen LogP contribution in [0.15, 0.2) is 54.7 Å². The number of amides is 2. The van der Waals surface area contributed by atoms with Gasteiger partial charge in [-0.1, -0.05) is 35.4 Å². The summed E-state index contributed by atoms with van der Waals surface area (Å²) in [6, 6.07) is 14.4. The number of pyridine rings is 1. The van der Waals surface area contributed by atoms with Gasteiger partial charge in [-0.2, -0.15) is 0 Å². The van der Waals surface area contributed by atoms with Crippen molar-refractivity contribution in [3.63, 3.8) is 0 Å². The minimum Gasteiger partial charge on any atom is -0.350 e. The first-order valence-electron chi connectivity index (χ1n) is 9.85. The molecule has 0 aliphatic rings. The molecule has 0 bridgehead atoms. The fraction of sp³-hybridized carbons (Fsp3) is 0.208. The Morgan fingerprint density at radius 3 is 2.32 bits per heavy atom. The normalized spacial score (nSPS) is 10.5. The van der Waals surface area contributed by atoms with Crippen LogP contribution in [0.2, 0.25) is 5.02 Å². The molecule has 0 aliphatic heterocycles. The van der Waals surface area contributed by atoms with E-state index in [1.807, 2.05) is 32.9 Å². The molecule has 0 spiro atoms. The van der Waals surface area contributed by atoms with E-state index in [9.17, 15) is 9.59 Å². The molecule has 3 aromatic rings. The van der Waals surface area contributed by atoms with Gasteiger partial charge in [0.05, 0.1) is 12.1 Å². The van der Waals surface area contributed by atoms with Crippen LogP contribution in [-0.4, -0.2) is 30.4 Å². The molecule has 2 amide bonds. The number of nitrogens with one attached hydrogen (secondary N) is 2. The van der Waals surface area contributed by atoms with Crippen LogP contribution in [0.5, 0.6) is 0 Å². The fourth-order valence-corrected chi connectivity index (χ4v) is 3.56. The molecule has 2 aromatic carbocycles. The van der Waals surface area contributed by atoms with Gasteiger partial charge < -0.3 is 15.5 Å². The van der Waals surface area contributed by atoms with Crippen LogP contribution in [-0.2, 0) is 4.79 Å². The number of likely N-dealkylation sites (N-methyl/N-ethyl adjacent to an activating group) is 1. The molecular weight excluding hydrogens is 412 g/mol. The van der Waals surface area contributed by atoms with Crippen molar-refractivity contribution in [1.82, 2.24) is 4.98 Å². The van der Waals surface area contributed by atoms with E-state index >= 15 is 0 Å². The number of aryl methyl sites for hydroxylation is 3. The van der Waals surface area contributed by atoms with Gasteiger partial charge in [-0.3, -0.25) is 9.59 Å². The van der Waals surface area contributed by atoms with E-state index < -0.39 is 0 Å². The van der Waals surface area contributed by atoms with E-state index in [1.165, 1.54) is 6.20 Å². The predicted molar refractivity (Wildman–Crippen MR) is 126 cm³/mol. The SMILES string of the molecule is Cc1cc(C)c(NC(=O)CN(C)c2ccc(C(=O)Nc3cccc(Cl)c3)cn2)c(C)c1. The van der Waals surface area contributed by atoms with Crippen LogP contribution in [0.3, 0.4) is 0 Å². The van der Waals surface area contributed by atoms with E-state index in [0.29, 0.717) is 22.1 Å². The molecular formula is C24H25ClN4O2. The third-order valence-electron chi connectivity index (χ3n) is 4.81. The van der Waals surface area contributed by atoms with E-state index in [1.54, 1.807) is 48.3 Å². The second-order valence-electron chi connectivity index (χ2n) is 7.55. The zero-order valence-corrected chi connectivity index (χ0v) is 18.7. The van der Waals surface area contributed by atoms with Crippen molar-refractivity contribution < 1.29 is 9.59 Å². The Morgan fingerprint density at radius 2 is 1.71 bits per heavy atom. The first kappa shape index (κ1) is 22.3. The number of anilines is 3. The highest BCUT2D eigenvalue weighted by Gasteiger charge is 2.13. The lowest BCUT2D eigenvalue weighted by atomic mass is 10.1. The molecule has 0 atom stereocenters. The van der Waals surface area contributed by atoms with Gasteiger partial charge in [-0.05, 0) is 62.2 Å². The summed E-state index contributed by atoms with van der Waals surface area (Å²) in [6.45, 7) is 6.12. The molecule has 3 rings (SSSR count). The van der Waals surface area contributed by atoms with E-state index in [-0.39, 0.29) is 18.4 Å². The lowest BCUT2D eigenvalue weighted by molar-refractivity contribution is -0.114. The molecule has 0 saturated carbocycles. The Bertz CT molecular complexity index is 1090. The van der Waals surface area contributed by atoms with Crippen molar-refractivity contribution in [2.45, 2.75) is 20.8 Å². The molecule has 6 nitrogen and oxygen atoms in total. The summed E-state index contributed by atoms with van der Waals surface area (Å²) in [5.74, 6) is 0.168. The highest BCUT2D eigenvalue weighted by Crippen LogP contribution is 2.22. The maximum atomic E-state index is 12.5. The first-order valence-corrected chi connectivity index (χ1v) is 10.2. The van der Waals surface area contributed by atoms with Gasteiger partial charge in [-0.25, -0.2) is 4.98 Å². The van der Waals surface area contributed by atoms with Crippen LogP contribution in [0.1, 0.15) is 27.0 Å². The third-order valence-corrected chi connectivity index (χ3v) is 5.04. The highest BCUT2D eigenvalue weighted by atomic mass is 35.5. The summed E-state index contributed by atoms with van der Waals surface area (Å²) in [5.41, 5.74) is 5.08. The van der Waals surface area contributed by atoms with Crippen LogP contribution >= 0.6 is 11.6 Å². The van der Waals surface area contributed by atoms with Crippen molar-refractivity contribution in [3.8, 4) is 0 Å². The molecule has 7 heteroatoms. The van der Waals surface area contributed by atoms with Gasteiger partial charge in [0.2, 0.25) is 5.91 Å². The van der Waals surface area contributed by atoms with Gasteiger partial charge in [-0.15, -0.1) is 0 Å². The molecule has 31 heavy (non-hydrogen) atoms. The number of nitrogens with zero attached hydrogens (tertiary/aromatic N) is 2. The molecule has 0 unspecified atom stereocenters. The molecule has 1 heterocycles. The largest absolute Gasteiger partial charge is 0.350 e. The smallest absolute Gasteiger partial charge is 0.257 e. The van der Waals surface area contributed by atoms with Gasteiger partial charge in [0.15, 0.2) is 0 Å². The van der Waals surface area contributed by atoms with Crippen molar-refractivity contribution in [2.75, 3.05) is 29.1 Å². The molecule has 0 fully saturated rings. The van der Waals surface area contributed by atoms with Crippen LogP contribution < -0.4 is 15.5 Å². The zero-order valence-electron chi connectivity index (χ0n) is 18.0. The number of halogens is 1. The summed E-state index contributed by atoms with van der Waals surface area (Å²) in [6.07, 6.45) is 1.48. The molecule has 2 N–H and O–H groups in total. The number of carbonyl (C=O) groups excluding carboxylic acids is 2. The molecule has 160 valence electrons. The number of hydrogen-bond acceptors (Lipinski definition) is 4. The molecule has 0 aliphatic carbocycles. The van der Waals surface area contributed by atoms with Gasteiger partial charge in [0.1, 0.15) is 5.82 Å². The lowest BCUT2D eigenvalue weighted by Crippen LogP contribution is -2.31. The molecule has 0 saturated heterocycles. The standard InChI is InChI=1S/C24H25ClN4O2/c1-15-10-16(2)23(17(3)11-15)28-22(30)14-29(4)21-9-8-18(13-26-21)24(31)27-20-7-5-6-19(25)12-20/h5-13H,14H2,1-4H3,(H,27,31)(H,28,30). The molecule has 0 radical (unpaired) electrons. The quantitative estimate of drug-likeness (QED) is 0.571. The highest BCUT2D eigenvalue weighted by molar-refractivity contribution is 6.31. The van der Waals surface area contributed by atoms with Gasteiger partial charge >= 0.3 is 0 Å². The summed E-state index contributed by atoms with van der Waals surface area (Å²) in [4.78, 5) is 31.0. The van der Waals surface area contributed by atoms with E-state index in [0.717, 1.165) is 22.4 Å². The Balaban J connectivity index is 1.61. The average molecular weight is 437 g/mol. The van der Waals surface area contributed by atoms with Gasteiger partial charge in [0, 0.05) is 29.6 Å². The second-order valence-corrected chi connectivity index (χ2v) is 7.98. The minimum atomic E-state index is -0.285. The lowest BCUT2D eigenvalue weighted by Gasteiger charge is -2.19. The minimum absolute atomic E-state index is 0.133. The van der Waals surface area contributed by atoms with E-state index in [2.05, 4.69) is 15.6 Å². The third kappa shape index (κ3) is 5.83. The summed E-state index contributed by atoms with van der Waals surface area (Å²) < 4.78 is 0. The topological polar surface area (TPSA) is 74.3 Å². The number of benzene rings is 2. The summed E-state index contributed by atoms with van der Waals surface area (Å²) in [5, 5.41) is 6.31. The predicted octanol–water partition coefficient (Wildman–Crippen LogP) is 4.99.